The van der Waals surface area contributed by atoms with Crippen LogP contribution in [0.4, 0.5) is 4.39 Å². The number of aryl methyl sites for hydroxylation is 1. The van der Waals surface area contributed by atoms with E-state index in [0.29, 0.717) is 5.56 Å². The summed E-state index contributed by atoms with van der Waals surface area (Å²) in [6.07, 6.45) is 5.76. The molecule has 0 spiro atoms. The van der Waals surface area contributed by atoms with Crippen LogP contribution in [0.2, 0.25) is 0 Å². The van der Waals surface area contributed by atoms with Gasteiger partial charge in [0.15, 0.2) is 0 Å². The number of methoxy groups -OCH3 is 1. The van der Waals surface area contributed by atoms with Crippen LogP contribution in [0.5, 0.6) is 5.75 Å². The molecule has 1 nitrogen and oxygen atoms in total. The second-order valence-corrected chi connectivity index (χ2v) is 6.36. The number of halogens is 1. The molecule has 136 valence electrons. The van der Waals surface area contributed by atoms with E-state index in [2.05, 4.69) is 6.58 Å². The van der Waals surface area contributed by atoms with Crippen molar-refractivity contribution in [1.82, 2.24) is 0 Å². The zero-order chi connectivity index (χ0) is 19.2. The molecule has 0 unspecified atom stereocenters. The molecule has 3 aromatic carbocycles. The van der Waals surface area contributed by atoms with Crippen molar-refractivity contribution >= 4 is 18.2 Å². The molecule has 0 heterocycles. The molecule has 0 fully saturated rings. The van der Waals surface area contributed by atoms with Crippen molar-refractivity contribution in [3.63, 3.8) is 0 Å². The summed E-state index contributed by atoms with van der Waals surface area (Å²) in [5.41, 5.74) is 6.64. The minimum Gasteiger partial charge on any atom is -0.496 e. The molecule has 0 radical (unpaired) electrons. The second kappa shape index (κ2) is 8.50. The number of rotatable bonds is 6. The molecule has 3 aromatic rings. The highest BCUT2D eigenvalue weighted by Gasteiger charge is 2.09. The normalized spacial score (nSPS) is 10.9. The van der Waals surface area contributed by atoms with Gasteiger partial charge in [0, 0.05) is 5.56 Å². The molecule has 0 aromatic heterocycles. The van der Waals surface area contributed by atoms with Crippen molar-refractivity contribution in [3.05, 3.63) is 95.1 Å². The predicted octanol–water partition coefficient (Wildman–Crippen LogP) is 6.95. The Balaban J connectivity index is 2.02. The summed E-state index contributed by atoms with van der Waals surface area (Å²) in [4.78, 5) is 0. The van der Waals surface area contributed by atoms with E-state index in [9.17, 15) is 4.39 Å². The van der Waals surface area contributed by atoms with Gasteiger partial charge in [0.2, 0.25) is 0 Å². The molecule has 0 saturated heterocycles. The molecule has 0 aliphatic carbocycles. The summed E-state index contributed by atoms with van der Waals surface area (Å²) in [6, 6.07) is 19.8. The zero-order valence-corrected chi connectivity index (χ0v) is 15.7. The average Bonchev–Trinajstić information content (AvgIpc) is 2.72. The van der Waals surface area contributed by atoms with Crippen LogP contribution in [-0.2, 0) is 6.67 Å². The Morgan fingerprint density at radius 2 is 1.67 bits per heavy atom. The van der Waals surface area contributed by atoms with Crippen LogP contribution < -0.4 is 4.74 Å². The van der Waals surface area contributed by atoms with Gasteiger partial charge in [-0.2, -0.15) is 0 Å². The van der Waals surface area contributed by atoms with Crippen molar-refractivity contribution in [2.45, 2.75) is 13.6 Å². The van der Waals surface area contributed by atoms with Gasteiger partial charge in [0.25, 0.3) is 0 Å². The van der Waals surface area contributed by atoms with Gasteiger partial charge < -0.3 is 4.74 Å². The lowest BCUT2D eigenvalue weighted by Crippen LogP contribution is -1.92. The van der Waals surface area contributed by atoms with Crippen LogP contribution >= 0.6 is 0 Å². The fourth-order valence-electron chi connectivity index (χ4n) is 3.22. The average molecular weight is 358 g/mol. The van der Waals surface area contributed by atoms with Gasteiger partial charge in [-0.05, 0) is 52.4 Å². The smallest absolute Gasteiger partial charge is 0.126 e. The third-order valence-electron chi connectivity index (χ3n) is 4.71. The van der Waals surface area contributed by atoms with E-state index in [-0.39, 0.29) is 0 Å². The third kappa shape index (κ3) is 4.01. The van der Waals surface area contributed by atoms with Crippen molar-refractivity contribution in [2.75, 3.05) is 7.11 Å². The maximum absolute atomic E-state index is 13.9. The van der Waals surface area contributed by atoms with E-state index in [0.717, 1.165) is 39.1 Å². The van der Waals surface area contributed by atoms with Crippen molar-refractivity contribution in [1.29, 1.82) is 0 Å². The lowest BCUT2D eigenvalue weighted by Gasteiger charge is -2.11. The molecule has 0 saturated carbocycles. The maximum Gasteiger partial charge on any atom is 0.126 e. The van der Waals surface area contributed by atoms with E-state index in [1.54, 1.807) is 13.2 Å². The summed E-state index contributed by atoms with van der Waals surface area (Å²) < 4.78 is 19.3. The maximum atomic E-state index is 13.9. The first-order chi connectivity index (χ1) is 13.2. The number of alkyl halides is 1. The highest BCUT2D eigenvalue weighted by atomic mass is 19.1. The summed E-state index contributed by atoms with van der Waals surface area (Å²) in [7, 11) is 1.65. The Hall–Kier alpha value is -3.13. The second-order valence-electron chi connectivity index (χ2n) is 6.36. The van der Waals surface area contributed by atoms with Crippen molar-refractivity contribution in [2.24, 2.45) is 0 Å². The van der Waals surface area contributed by atoms with E-state index < -0.39 is 6.67 Å². The van der Waals surface area contributed by atoms with E-state index in [1.807, 2.05) is 79.7 Å². The summed E-state index contributed by atoms with van der Waals surface area (Å²) >= 11 is 0. The van der Waals surface area contributed by atoms with Gasteiger partial charge in [-0.1, -0.05) is 73.3 Å². The number of benzene rings is 3. The van der Waals surface area contributed by atoms with Crippen LogP contribution in [0.1, 0.15) is 27.8 Å². The topological polar surface area (TPSA) is 9.23 Å². The summed E-state index contributed by atoms with van der Waals surface area (Å²) in [6.45, 7) is 5.36. The number of hydrogen-bond donors (Lipinski definition) is 0. The lowest BCUT2D eigenvalue weighted by atomic mass is 9.95. The van der Waals surface area contributed by atoms with Crippen LogP contribution in [-0.4, -0.2) is 7.11 Å². The van der Waals surface area contributed by atoms with Gasteiger partial charge in [-0.15, -0.1) is 0 Å². The van der Waals surface area contributed by atoms with E-state index >= 15 is 0 Å². The van der Waals surface area contributed by atoms with Crippen LogP contribution in [0.3, 0.4) is 0 Å². The van der Waals surface area contributed by atoms with E-state index in [1.165, 1.54) is 0 Å². The third-order valence-corrected chi connectivity index (χ3v) is 4.71. The summed E-state index contributed by atoms with van der Waals surface area (Å²) in [5.74, 6) is 0.777. The molecule has 0 amide bonds. The zero-order valence-electron chi connectivity index (χ0n) is 15.7. The van der Waals surface area contributed by atoms with Crippen LogP contribution in [0.15, 0.2) is 67.2 Å². The first-order valence-electron chi connectivity index (χ1n) is 8.90. The van der Waals surface area contributed by atoms with Gasteiger partial charge in [-0.25, -0.2) is 4.39 Å². The van der Waals surface area contributed by atoms with Crippen molar-refractivity contribution < 1.29 is 9.13 Å². The Morgan fingerprint density at radius 1 is 0.926 bits per heavy atom. The van der Waals surface area contributed by atoms with E-state index in [4.69, 9.17) is 4.74 Å². The molecule has 0 N–H and O–H groups in total. The Labute approximate surface area is 160 Å². The highest BCUT2D eigenvalue weighted by molar-refractivity contribution is 5.79. The SMILES string of the molecule is C=Cc1cc(C)c(/C=C/c2cccc(-c3ccccc3)c2CF)cc1OC. The molecule has 0 bridgehead atoms. The minimum absolute atomic E-state index is 0.511. The lowest BCUT2D eigenvalue weighted by molar-refractivity contribution is 0.413. The standard InChI is InChI=1S/C25H23FO/c1-4-19-15-18(2)22(16-25(19)27-3)14-13-21-11-8-12-23(24(21)17-26)20-9-6-5-7-10-20/h4-16H,1,17H2,2-3H3/b14-13+. The Kier molecular flexibility index (Phi) is 5.87. The van der Waals surface area contributed by atoms with Gasteiger partial charge in [-0.3, -0.25) is 0 Å². The first kappa shape index (κ1) is 18.7. The van der Waals surface area contributed by atoms with Crippen LogP contribution in [0.25, 0.3) is 29.4 Å². The molecule has 3 rings (SSSR count). The fraction of sp³-hybridized carbons (Fsp3) is 0.120. The van der Waals surface area contributed by atoms with Gasteiger partial charge >= 0.3 is 0 Å². The van der Waals surface area contributed by atoms with Crippen molar-refractivity contribution in [3.8, 4) is 16.9 Å². The van der Waals surface area contributed by atoms with Gasteiger partial charge in [0.05, 0.1) is 7.11 Å². The van der Waals surface area contributed by atoms with Crippen LogP contribution in [0, 0.1) is 6.92 Å². The van der Waals surface area contributed by atoms with Gasteiger partial charge in [0.1, 0.15) is 12.4 Å². The Morgan fingerprint density at radius 3 is 2.33 bits per heavy atom. The fourth-order valence-corrected chi connectivity index (χ4v) is 3.22. The highest BCUT2D eigenvalue weighted by Crippen LogP contribution is 2.30. The quantitative estimate of drug-likeness (QED) is 0.433. The molecule has 0 aliphatic rings. The molecule has 2 heteroatoms. The molecule has 27 heavy (non-hydrogen) atoms. The number of ether oxygens (including phenoxy) is 1. The number of hydrogen-bond acceptors (Lipinski definition) is 1. The molecule has 0 aliphatic heterocycles. The monoisotopic (exact) mass is 358 g/mol. The molecular formula is C25H23FO. The molecular weight excluding hydrogens is 335 g/mol. The minimum atomic E-state index is -0.511. The molecule has 0 atom stereocenters. The Bertz CT molecular complexity index is 971. The predicted molar refractivity (Wildman–Crippen MR) is 113 cm³/mol. The first-order valence-corrected chi connectivity index (χ1v) is 8.90. The largest absolute Gasteiger partial charge is 0.496 e. The summed E-state index contributed by atoms with van der Waals surface area (Å²) in [5, 5.41) is 0.